The lowest BCUT2D eigenvalue weighted by molar-refractivity contribution is -0.140. The first-order valence-corrected chi connectivity index (χ1v) is 14.7. The summed E-state index contributed by atoms with van der Waals surface area (Å²) in [5.74, 6) is 1.62. The minimum Gasteiger partial charge on any atom is -0.387 e. The lowest BCUT2D eigenvalue weighted by atomic mass is 9.53. The molecule has 3 unspecified atom stereocenters. The first kappa shape index (κ1) is 28.1. The number of fused-ring (bicyclic) bond motifs is 2. The maximum atomic E-state index is 14.3. The van der Waals surface area contributed by atoms with Gasteiger partial charge in [0, 0.05) is 24.7 Å². The maximum Gasteiger partial charge on any atom is 0.255 e. The number of rotatable bonds is 10. The topological polar surface area (TPSA) is 144 Å². The second kappa shape index (κ2) is 11.0. The molecule has 220 valence electrons. The van der Waals surface area contributed by atoms with Crippen LogP contribution in [-0.2, 0) is 4.79 Å². The Morgan fingerprint density at radius 2 is 2.00 bits per heavy atom. The maximum absolute atomic E-state index is 14.3. The number of carbonyl (C=O) groups is 2. The Balaban J connectivity index is 1.15. The second-order valence-electron chi connectivity index (χ2n) is 12.6. The molecule has 11 heteroatoms. The number of alkyl halides is 1. The third kappa shape index (κ3) is 5.43. The van der Waals surface area contributed by atoms with E-state index in [0.717, 1.165) is 30.7 Å². The van der Waals surface area contributed by atoms with Crippen LogP contribution in [0.15, 0.2) is 36.7 Å². The number of hydrogen-bond acceptors (Lipinski definition) is 7. The Hall–Kier alpha value is -4.04. The molecular weight excluding hydrogens is 537 g/mol. The van der Waals surface area contributed by atoms with E-state index in [1.807, 2.05) is 12.1 Å². The molecule has 3 aromatic rings. The van der Waals surface area contributed by atoms with Crippen molar-refractivity contribution >= 4 is 23.0 Å². The molecule has 3 heterocycles. The van der Waals surface area contributed by atoms with Gasteiger partial charge in [-0.3, -0.25) is 14.6 Å². The van der Waals surface area contributed by atoms with E-state index >= 15 is 0 Å². The summed E-state index contributed by atoms with van der Waals surface area (Å²) < 4.78 is 16.0. The largest absolute Gasteiger partial charge is 0.387 e. The SMILES string of the molecule is CC(C)(O)[C@H](F)CNC(=O)c1cnc(-c2ccc3cc(C#N)cnn23)cc1NC1CC(CNC(=O)C2CC3CCC32)C1. The van der Waals surface area contributed by atoms with Crippen LogP contribution in [0.5, 0.6) is 0 Å². The van der Waals surface area contributed by atoms with Gasteiger partial charge >= 0.3 is 0 Å². The van der Waals surface area contributed by atoms with Crippen LogP contribution in [0.25, 0.3) is 16.9 Å². The van der Waals surface area contributed by atoms with Gasteiger partial charge in [0.15, 0.2) is 0 Å². The molecule has 0 spiro atoms. The van der Waals surface area contributed by atoms with Crippen molar-refractivity contribution in [3.63, 3.8) is 0 Å². The molecule has 4 atom stereocenters. The molecule has 3 fully saturated rings. The van der Waals surface area contributed by atoms with E-state index in [0.29, 0.717) is 41.0 Å². The number of hydrogen-bond donors (Lipinski definition) is 4. The zero-order valence-electron chi connectivity index (χ0n) is 23.8. The molecule has 4 N–H and O–H groups in total. The fraction of sp³-hybridized carbons (Fsp3) is 0.516. The van der Waals surface area contributed by atoms with Crippen molar-refractivity contribution in [1.82, 2.24) is 25.2 Å². The molecule has 0 saturated heterocycles. The normalized spacial score (nSPS) is 25.2. The van der Waals surface area contributed by atoms with Gasteiger partial charge in [0.2, 0.25) is 5.91 Å². The second-order valence-corrected chi connectivity index (χ2v) is 12.6. The van der Waals surface area contributed by atoms with Gasteiger partial charge in [-0.25, -0.2) is 8.91 Å². The Bertz CT molecular complexity index is 1550. The van der Waals surface area contributed by atoms with E-state index in [4.69, 9.17) is 0 Å². The van der Waals surface area contributed by atoms with E-state index in [2.05, 4.69) is 32.1 Å². The van der Waals surface area contributed by atoms with Gasteiger partial charge in [-0.15, -0.1) is 0 Å². The molecule has 3 saturated carbocycles. The number of halogens is 1. The number of pyridine rings is 1. The molecule has 0 bridgehead atoms. The van der Waals surface area contributed by atoms with Crippen LogP contribution < -0.4 is 16.0 Å². The van der Waals surface area contributed by atoms with Crippen LogP contribution >= 0.6 is 0 Å². The lowest BCUT2D eigenvalue weighted by Gasteiger charge is -2.52. The summed E-state index contributed by atoms with van der Waals surface area (Å²) in [6.45, 7) is 3.02. The highest BCUT2D eigenvalue weighted by atomic mass is 19.1. The van der Waals surface area contributed by atoms with Gasteiger partial charge in [0.1, 0.15) is 12.2 Å². The molecular formula is C31H36FN7O3. The van der Waals surface area contributed by atoms with Crippen LogP contribution in [0, 0.1) is 35.0 Å². The van der Waals surface area contributed by atoms with Gasteiger partial charge in [-0.2, -0.15) is 10.4 Å². The van der Waals surface area contributed by atoms with Crippen molar-refractivity contribution in [2.45, 2.75) is 63.8 Å². The van der Waals surface area contributed by atoms with Crippen molar-refractivity contribution < 1.29 is 19.1 Å². The van der Waals surface area contributed by atoms with E-state index in [-0.39, 0.29) is 30.0 Å². The summed E-state index contributed by atoms with van der Waals surface area (Å²) in [5.41, 5.74) is 1.68. The standard InChI is InChI=1S/C31H36FN7O3/c1-31(2,42)28(32)16-36-30(41)24-15-34-26(27-6-4-21-9-18(12-33)14-37-39(21)27)11-25(24)38-20-7-17(8-20)13-35-29(40)23-10-19-3-5-22(19)23/h4,6,9,11,14-15,17,19-20,22-23,28,42H,3,5,7-8,10,13,16H2,1-2H3,(H,34,38)(H,35,40)(H,36,41)/t17?,19?,20?,22?,23?,28-/m1/s1. The number of aliphatic hydroxyl groups is 1. The van der Waals surface area contributed by atoms with E-state index in [9.17, 15) is 24.3 Å². The van der Waals surface area contributed by atoms with Crippen molar-refractivity contribution in [2.24, 2.45) is 23.7 Å². The molecule has 3 aliphatic rings. The fourth-order valence-electron chi connectivity index (χ4n) is 6.32. The monoisotopic (exact) mass is 573 g/mol. The molecule has 0 aliphatic heterocycles. The average molecular weight is 574 g/mol. The van der Waals surface area contributed by atoms with Crippen LogP contribution in [0.1, 0.15) is 61.9 Å². The van der Waals surface area contributed by atoms with Gasteiger partial charge in [0.25, 0.3) is 5.91 Å². The number of aromatic nitrogens is 3. The first-order valence-electron chi connectivity index (χ1n) is 14.7. The van der Waals surface area contributed by atoms with E-state index < -0.39 is 17.7 Å². The Morgan fingerprint density at radius 3 is 2.67 bits per heavy atom. The summed E-state index contributed by atoms with van der Waals surface area (Å²) in [6, 6.07) is 9.39. The van der Waals surface area contributed by atoms with Gasteiger partial charge in [-0.05, 0) is 88.0 Å². The van der Waals surface area contributed by atoms with Crippen molar-refractivity contribution in [3.05, 3.63) is 47.8 Å². The molecule has 10 nitrogen and oxygen atoms in total. The Kier molecular flexibility index (Phi) is 7.35. The zero-order chi connectivity index (χ0) is 29.6. The number of nitriles is 1. The minimum atomic E-state index is -1.64. The predicted molar refractivity (Wildman–Crippen MR) is 154 cm³/mol. The number of nitrogens with zero attached hydrogens (tertiary/aromatic N) is 4. The van der Waals surface area contributed by atoms with Crippen molar-refractivity contribution in [3.8, 4) is 17.5 Å². The zero-order valence-corrected chi connectivity index (χ0v) is 23.8. The highest BCUT2D eigenvalue weighted by molar-refractivity contribution is 6.00. The highest BCUT2D eigenvalue weighted by Gasteiger charge is 2.50. The average Bonchev–Trinajstić information content (AvgIpc) is 3.36. The summed E-state index contributed by atoms with van der Waals surface area (Å²) in [5, 5.41) is 32.7. The summed E-state index contributed by atoms with van der Waals surface area (Å²) in [6.07, 6.45) is 6.47. The van der Waals surface area contributed by atoms with E-state index in [1.54, 1.807) is 16.6 Å². The molecule has 0 radical (unpaired) electrons. The van der Waals surface area contributed by atoms with E-state index in [1.165, 1.54) is 39.1 Å². The van der Waals surface area contributed by atoms with Crippen molar-refractivity contribution in [1.29, 1.82) is 5.26 Å². The number of anilines is 1. The number of carbonyl (C=O) groups excluding carboxylic acids is 2. The summed E-state index contributed by atoms with van der Waals surface area (Å²) >= 11 is 0. The van der Waals surface area contributed by atoms with Gasteiger partial charge in [-0.1, -0.05) is 0 Å². The molecule has 3 aliphatic carbocycles. The van der Waals surface area contributed by atoms with Crippen LogP contribution in [0.2, 0.25) is 0 Å². The summed E-state index contributed by atoms with van der Waals surface area (Å²) in [7, 11) is 0. The third-order valence-corrected chi connectivity index (χ3v) is 9.30. The fourth-order valence-corrected chi connectivity index (χ4v) is 6.32. The summed E-state index contributed by atoms with van der Waals surface area (Å²) in [4.78, 5) is 30.2. The van der Waals surface area contributed by atoms with Crippen LogP contribution in [0.4, 0.5) is 10.1 Å². The molecule has 42 heavy (non-hydrogen) atoms. The predicted octanol–water partition coefficient (Wildman–Crippen LogP) is 3.46. The molecule has 0 aromatic carbocycles. The van der Waals surface area contributed by atoms with Crippen molar-refractivity contribution in [2.75, 3.05) is 18.4 Å². The quantitative estimate of drug-likeness (QED) is 0.291. The Labute approximate surface area is 243 Å². The van der Waals surface area contributed by atoms with Gasteiger partial charge < -0.3 is 21.1 Å². The molecule has 2 amide bonds. The highest BCUT2D eigenvalue weighted by Crippen LogP contribution is 2.54. The first-order chi connectivity index (χ1) is 20.1. The van der Waals surface area contributed by atoms with Crippen LogP contribution in [0.3, 0.4) is 0 Å². The molecule has 6 rings (SSSR count). The number of amides is 2. The third-order valence-electron chi connectivity index (χ3n) is 9.30. The Morgan fingerprint density at radius 1 is 1.19 bits per heavy atom. The smallest absolute Gasteiger partial charge is 0.255 e. The minimum absolute atomic E-state index is 0.0964. The molecule has 3 aromatic heterocycles. The lowest BCUT2D eigenvalue weighted by Crippen LogP contribution is -2.52. The number of nitrogens with one attached hydrogen (secondary N) is 3. The van der Waals surface area contributed by atoms with Crippen LogP contribution in [-0.4, -0.2) is 62.4 Å². The van der Waals surface area contributed by atoms with Gasteiger partial charge in [0.05, 0.1) is 52.1 Å².